The predicted octanol–water partition coefficient (Wildman–Crippen LogP) is 4.78. The molecule has 0 fully saturated rings. The number of ether oxygens (including phenoxy) is 1. The Balaban J connectivity index is 1.62. The average molecular weight is 535 g/mol. The monoisotopic (exact) mass is 534 g/mol. The summed E-state index contributed by atoms with van der Waals surface area (Å²) in [6.45, 7) is 0.291. The Morgan fingerprint density at radius 2 is 1.54 bits per heavy atom. The summed E-state index contributed by atoms with van der Waals surface area (Å²) in [7, 11) is 1.54. The van der Waals surface area contributed by atoms with Gasteiger partial charge in [0.2, 0.25) is 5.91 Å². The maximum Gasteiger partial charge on any atom is 0.254 e. The van der Waals surface area contributed by atoms with Gasteiger partial charge in [0, 0.05) is 32.4 Å². The quantitative estimate of drug-likeness (QED) is 0.259. The topological polar surface area (TPSA) is 80.1 Å². The molecule has 0 aliphatic heterocycles. The van der Waals surface area contributed by atoms with Crippen molar-refractivity contribution in [3.63, 3.8) is 0 Å². The number of carbonyl (C=O) groups excluding carboxylic acids is 2. The lowest BCUT2D eigenvalue weighted by Gasteiger charge is -2.28. The van der Waals surface area contributed by atoms with E-state index in [0.717, 1.165) is 0 Å². The third kappa shape index (κ3) is 7.14. The first-order valence-electron chi connectivity index (χ1n) is 12.4. The fourth-order valence-corrected chi connectivity index (χ4v) is 4.17. The van der Waals surface area contributed by atoms with E-state index < -0.39 is 23.4 Å². The lowest BCUT2D eigenvalue weighted by molar-refractivity contribution is -0.133. The van der Waals surface area contributed by atoms with Crippen LogP contribution in [-0.2, 0) is 22.6 Å². The number of hydrogen-bond donors (Lipinski definition) is 0. The normalized spacial score (nSPS) is 10.9. The van der Waals surface area contributed by atoms with Gasteiger partial charge in [-0.3, -0.25) is 14.4 Å². The van der Waals surface area contributed by atoms with E-state index in [2.05, 4.69) is 0 Å². The second-order valence-corrected chi connectivity index (χ2v) is 9.04. The molecule has 0 aliphatic rings. The van der Waals surface area contributed by atoms with Crippen molar-refractivity contribution in [2.75, 3.05) is 26.8 Å². The van der Waals surface area contributed by atoms with Gasteiger partial charge in [-0.25, -0.2) is 8.78 Å². The molecule has 4 rings (SSSR count). The van der Waals surface area contributed by atoms with E-state index in [1.54, 1.807) is 36.4 Å². The Labute approximate surface area is 224 Å². The molecule has 0 saturated carbocycles. The number of halogens is 2. The Morgan fingerprint density at radius 1 is 0.872 bits per heavy atom. The van der Waals surface area contributed by atoms with Crippen molar-refractivity contribution in [3.8, 4) is 0 Å². The molecule has 0 spiro atoms. The van der Waals surface area contributed by atoms with Crippen molar-refractivity contribution >= 4 is 22.8 Å². The zero-order valence-corrected chi connectivity index (χ0v) is 21.4. The van der Waals surface area contributed by atoms with Crippen molar-refractivity contribution in [2.45, 2.75) is 19.5 Å². The molecule has 0 aliphatic carbocycles. The number of nitrogens with zero attached hydrogens (tertiary/aromatic N) is 2. The van der Waals surface area contributed by atoms with E-state index in [-0.39, 0.29) is 42.7 Å². The molecule has 1 heterocycles. The fraction of sp³-hybridized carbons (Fsp3) is 0.233. The summed E-state index contributed by atoms with van der Waals surface area (Å²) >= 11 is 0. The lowest BCUT2D eigenvalue weighted by Crippen LogP contribution is -2.43. The summed E-state index contributed by atoms with van der Waals surface area (Å²) in [5.74, 6) is -1.76. The van der Waals surface area contributed by atoms with Gasteiger partial charge in [-0.05, 0) is 60.5 Å². The van der Waals surface area contributed by atoms with Gasteiger partial charge in [0.05, 0.1) is 23.8 Å². The molecule has 7 nitrogen and oxygen atoms in total. The minimum Gasteiger partial charge on any atom is -0.464 e. The van der Waals surface area contributed by atoms with Crippen LogP contribution in [0.3, 0.4) is 0 Å². The van der Waals surface area contributed by atoms with Crippen LogP contribution in [-0.4, -0.2) is 48.4 Å². The van der Waals surface area contributed by atoms with Gasteiger partial charge in [0.15, 0.2) is 5.43 Å². The number of benzene rings is 3. The van der Waals surface area contributed by atoms with Gasteiger partial charge >= 0.3 is 0 Å². The zero-order valence-electron chi connectivity index (χ0n) is 21.4. The third-order valence-corrected chi connectivity index (χ3v) is 6.23. The highest BCUT2D eigenvalue weighted by atomic mass is 19.1. The maximum absolute atomic E-state index is 13.7. The number of amides is 2. The Kier molecular flexibility index (Phi) is 9.17. The van der Waals surface area contributed by atoms with Crippen LogP contribution in [0.5, 0.6) is 0 Å². The predicted molar refractivity (Wildman–Crippen MR) is 142 cm³/mol. The summed E-state index contributed by atoms with van der Waals surface area (Å²) in [5.41, 5.74) is 1.30. The van der Waals surface area contributed by atoms with Gasteiger partial charge in [0.1, 0.15) is 23.8 Å². The molecule has 39 heavy (non-hydrogen) atoms. The standard InChI is InChI=1S/C30H28F2N2O5/c1-38-16-4-15-33(30(37)22-9-13-25(32)14-10-22)19-28(35)34(17-21-7-11-24(31)12-8-21)18-23-20-39-27-6-3-2-5-26(27)29(23)36/h2-3,5-14,20H,4,15-19H2,1H3. The van der Waals surface area contributed by atoms with Gasteiger partial charge in [-0.15, -0.1) is 0 Å². The van der Waals surface area contributed by atoms with E-state index >= 15 is 0 Å². The van der Waals surface area contributed by atoms with E-state index in [1.807, 2.05) is 0 Å². The van der Waals surface area contributed by atoms with Crippen LogP contribution in [0, 0.1) is 11.6 Å². The largest absolute Gasteiger partial charge is 0.464 e. The van der Waals surface area contributed by atoms with Crippen LogP contribution in [0.4, 0.5) is 8.78 Å². The molecule has 202 valence electrons. The molecule has 0 atom stereocenters. The number of methoxy groups -OCH3 is 1. The van der Waals surface area contributed by atoms with Gasteiger partial charge < -0.3 is 19.0 Å². The average Bonchev–Trinajstić information content (AvgIpc) is 2.95. The fourth-order valence-electron chi connectivity index (χ4n) is 4.17. The second-order valence-electron chi connectivity index (χ2n) is 9.04. The van der Waals surface area contributed by atoms with E-state index in [9.17, 15) is 23.2 Å². The van der Waals surface area contributed by atoms with Crippen molar-refractivity contribution in [1.82, 2.24) is 9.80 Å². The molecule has 4 aromatic rings. The van der Waals surface area contributed by atoms with Crippen molar-refractivity contribution in [3.05, 3.63) is 118 Å². The SMILES string of the molecule is COCCCN(CC(=O)N(Cc1ccc(F)cc1)Cc1coc2ccccc2c1=O)C(=O)c1ccc(F)cc1. The van der Waals surface area contributed by atoms with Crippen molar-refractivity contribution in [2.24, 2.45) is 0 Å². The molecule has 2 amide bonds. The molecule has 9 heteroatoms. The Morgan fingerprint density at radius 3 is 2.23 bits per heavy atom. The summed E-state index contributed by atoms with van der Waals surface area (Å²) in [5, 5.41) is 0.386. The van der Waals surface area contributed by atoms with Crippen LogP contribution < -0.4 is 5.43 Å². The minimum absolute atomic E-state index is 0.0715. The lowest BCUT2D eigenvalue weighted by atomic mass is 10.1. The second kappa shape index (κ2) is 12.9. The number of rotatable bonds is 11. The summed E-state index contributed by atoms with van der Waals surface area (Å²) < 4.78 is 37.7. The van der Waals surface area contributed by atoms with Crippen LogP contribution in [0.2, 0.25) is 0 Å². The molecular weight excluding hydrogens is 506 g/mol. The third-order valence-electron chi connectivity index (χ3n) is 6.23. The summed E-state index contributed by atoms with van der Waals surface area (Å²) in [4.78, 5) is 42.8. The van der Waals surface area contributed by atoms with E-state index in [1.165, 1.54) is 59.6 Å². The molecule has 0 unspecified atom stereocenters. The Bertz CT molecular complexity index is 1490. The molecule has 0 saturated heterocycles. The number of fused-ring (bicyclic) bond motifs is 1. The van der Waals surface area contributed by atoms with E-state index in [0.29, 0.717) is 29.6 Å². The first kappa shape index (κ1) is 27.7. The summed E-state index contributed by atoms with van der Waals surface area (Å²) in [6, 6.07) is 17.6. The molecule has 1 aromatic heterocycles. The first-order chi connectivity index (χ1) is 18.9. The zero-order chi connectivity index (χ0) is 27.8. The molecule has 0 radical (unpaired) electrons. The van der Waals surface area contributed by atoms with Crippen LogP contribution >= 0.6 is 0 Å². The molecule has 3 aromatic carbocycles. The molecule has 0 bridgehead atoms. The smallest absolute Gasteiger partial charge is 0.254 e. The number of hydrogen-bond acceptors (Lipinski definition) is 5. The summed E-state index contributed by atoms with van der Waals surface area (Å²) in [6.07, 6.45) is 1.80. The van der Waals surface area contributed by atoms with Crippen LogP contribution in [0.15, 0.2) is 88.3 Å². The maximum atomic E-state index is 13.7. The highest BCUT2D eigenvalue weighted by Crippen LogP contribution is 2.16. The van der Waals surface area contributed by atoms with Crippen molar-refractivity contribution < 1.29 is 27.5 Å². The first-order valence-corrected chi connectivity index (χ1v) is 12.4. The van der Waals surface area contributed by atoms with Crippen LogP contribution in [0.25, 0.3) is 11.0 Å². The van der Waals surface area contributed by atoms with Gasteiger partial charge in [-0.1, -0.05) is 24.3 Å². The van der Waals surface area contributed by atoms with E-state index in [4.69, 9.17) is 9.15 Å². The number of carbonyl (C=O) groups is 2. The van der Waals surface area contributed by atoms with Crippen LogP contribution in [0.1, 0.15) is 27.9 Å². The number of para-hydroxylation sites is 1. The van der Waals surface area contributed by atoms with Crippen molar-refractivity contribution in [1.29, 1.82) is 0 Å². The highest BCUT2D eigenvalue weighted by molar-refractivity contribution is 5.96. The van der Waals surface area contributed by atoms with Gasteiger partial charge in [-0.2, -0.15) is 0 Å². The Hall–Kier alpha value is -4.37. The van der Waals surface area contributed by atoms with Gasteiger partial charge in [0.25, 0.3) is 5.91 Å². The molecule has 0 N–H and O–H groups in total. The highest BCUT2D eigenvalue weighted by Gasteiger charge is 2.24. The molecular formula is C30H28F2N2O5. The minimum atomic E-state index is -0.478.